The summed E-state index contributed by atoms with van der Waals surface area (Å²) in [4.78, 5) is 0. The molecule has 0 N–H and O–H groups in total. The summed E-state index contributed by atoms with van der Waals surface area (Å²) < 4.78 is 6.28. The molecule has 1 fully saturated rings. The van der Waals surface area contributed by atoms with E-state index < -0.39 is 13.9 Å². The van der Waals surface area contributed by atoms with Gasteiger partial charge in [0.25, 0.3) is 0 Å². The molecular formula is C16H17ClNOSi. The molecule has 4 heteroatoms. The average Bonchev–Trinajstić information content (AvgIpc) is 2.89. The quantitative estimate of drug-likeness (QED) is 0.776. The van der Waals surface area contributed by atoms with Crippen molar-refractivity contribution in [3.8, 4) is 6.07 Å². The van der Waals surface area contributed by atoms with Crippen LogP contribution < -0.4 is 0 Å². The zero-order valence-corrected chi connectivity index (χ0v) is 13.6. The lowest BCUT2D eigenvalue weighted by Gasteiger charge is -2.38. The molecule has 1 aliphatic carbocycles. The molecule has 0 spiro atoms. The Morgan fingerprint density at radius 2 is 1.85 bits per heavy atom. The Kier molecular flexibility index (Phi) is 4.58. The van der Waals surface area contributed by atoms with Crippen LogP contribution in [-0.2, 0) is 10.0 Å². The van der Waals surface area contributed by atoms with Crippen LogP contribution in [0.1, 0.15) is 5.56 Å². The molecule has 0 aromatic heterocycles. The van der Waals surface area contributed by atoms with Crippen molar-refractivity contribution in [2.75, 3.05) is 0 Å². The van der Waals surface area contributed by atoms with Crippen LogP contribution in [-0.4, -0.2) is 8.32 Å². The Labute approximate surface area is 127 Å². The van der Waals surface area contributed by atoms with E-state index in [0.29, 0.717) is 5.02 Å². The lowest BCUT2D eigenvalue weighted by Crippen LogP contribution is -2.43. The van der Waals surface area contributed by atoms with Gasteiger partial charge in [0.05, 0.1) is 0 Å². The molecule has 5 radical (unpaired) electrons. The van der Waals surface area contributed by atoms with Gasteiger partial charge in [-0.15, -0.1) is 0 Å². The summed E-state index contributed by atoms with van der Waals surface area (Å²) in [5.74, 6) is 0.852. The first-order valence-corrected chi connectivity index (χ1v) is 10.3. The minimum atomic E-state index is -1.94. The summed E-state index contributed by atoms with van der Waals surface area (Å²) in [5, 5.41) is 10.5. The maximum absolute atomic E-state index is 9.86. The second kappa shape index (κ2) is 5.89. The van der Waals surface area contributed by atoms with Gasteiger partial charge in [0, 0.05) is 10.9 Å². The van der Waals surface area contributed by atoms with Crippen molar-refractivity contribution in [2.24, 2.45) is 0 Å². The Hall–Kier alpha value is -0.823. The fraction of sp³-hybridized carbons (Fsp3) is 0.250. The molecule has 1 atom stereocenters. The Morgan fingerprint density at radius 3 is 2.35 bits per heavy atom. The fourth-order valence-corrected chi connectivity index (χ4v) is 3.60. The highest BCUT2D eigenvalue weighted by Gasteiger charge is 2.47. The highest BCUT2D eigenvalue weighted by Crippen LogP contribution is 2.45. The molecule has 0 amide bonds. The third kappa shape index (κ3) is 3.25. The first kappa shape index (κ1) is 15.6. The molecule has 0 bridgehead atoms. The van der Waals surface area contributed by atoms with Crippen LogP contribution in [0.2, 0.25) is 24.7 Å². The van der Waals surface area contributed by atoms with E-state index >= 15 is 0 Å². The minimum absolute atomic E-state index is 0.604. The topological polar surface area (TPSA) is 33.0 Å². The van der Waals surface area contributed by atoms with Crippen LogP contribution >= 0.6 is 11.6 Å². The molecule has 1 saturated carbocycles. The second-order valence-corrected chi connectivity index (χ2v) is 10.6. The number of nitrogens with zero attached hydrogens (tertiary/aromatic N) is 1. The summed E-state index contributed by atoms with van der Waals surface area (Å²) >= 11 is 6.09. The third-order valence-electron chi connectivity index (χ3n) is 2.92. The molecule has 1 aromatic carbocycles. The Morgan fingerprint density at radius 1 is 1.20 bits per heavy atom. The summed E-state index contributed by atoms with van der Waals surface area (Å²) in [6.07, 6.45) is 7.67. The number of nitriles is 1. The fourth-order valence-electron chi connectivity index (χ4n) is 2.21. The van der Waals surface area contributed by atoms with E-state index in [1.54, 1.807) is 12.1 Å². The van der Waals surface area contributed by atoms with Crippen molar-refractivity contribution < 1.29 is 4.43 Å². The smallest absolute Gasteiger partial charge is 0.186 e. The van der Waals surface area contributed by atoms with Gasteiger partial charge in [-0.1, -0.05) is 23.7 Å². The van der Waals surface area contributed by atoms with E-state index in [-0.39, 0.29) is 0 Å². The van der Waals surface area contributed by atoms with E-state index in [4.69, 9.17) is 16.0 Å². The standard InChI is InChI=1S/C16H17ClNOSi/c1-20(2,3)19-16(12-18,13-7-4-5-8-13)14-9-6-10-15(17)11-14/h4-11H,1-3H3. The zero-order chi connectivity index (χ0) is 14.8. The van der Waals surface area contributed by atoms with Crippen molar-refractivity contribution in [1.82, 2.24) is 0 Å². The molecular weight excluding hydrogens is 286 g/mol. The average molecular weight is 303 g/mol. The minimum Gasteiger partial charge on any atom is -0.396 e. The molecule has 1 aliphatic rings. The van der Waals surface area contributed by atoms with E-state index in [1.165, 1.54) is 0 Å². The second-order valence-electron chi connectivity index (χ2n) is 5.69. The number of rotatable bonds is 4. The van der Waals surface area contributed by atoms with Gasteiger partial charge in [-0.05, 0) is 63.0 Å². The maximum atomic E-state index is 9.86. The third-order valence-corrected chi connectivity index (χ3v) is 4.07. The molecule has 103 valence electrons. The number of hydrogen-bond donors (Lipinski definition) is 0. The first-order chi connectivity index (χ1) is 9.37. The molecule has 0 heterocycles. The first-order valence-electron chi connectivity index (χ1n) is 6.47. The monoisotopic (exact) mass is 302 g/mol. The summed E-state index contributed by atoms with van der Waals surface area (Å²) in [7, 11) is -1.94. The molecule has 20 heavy (non-hydrogen) atoms. The van der Waals surface area contributed by atoms with E-state index in [2.05, 4.69) is 25.7 Å². The van der Waals surface area contributed by atoms with Crippen LogP contribution in [0.15, 0.2) is 24.3 Å². The van der Waals surface area contributed by atoms with Gasteiger partial charge in [-0.3, -0.25) is 0 Å². The molecule has 1 unspecified atom stereocenters. The van der Waals surface area contributed by atoms with Crippen LogP contribution in [0, 0.1) is 42.9 Å². The van der Waals surface area contributed by atoms with Crippen molar-refractivity contribution in [2.45, 2.75) is 25.2 Å². The van der Waals surface area contributed by atoms with Crippen LogP contribution in [0.5, 0.6) is 0 Å². The van der Waals surface area contributed by atoms with Gasteiger partial charge in [0.2, 0.25) is 0 Å². The largest absolute Gasteiger partial charge is 0.396 e. The van der Waals surface area contributed by atoms with Crippen molar-refractivity contribution in [3.63, 3.8) is 0 Å². The lowest BCUT2D eigenvalue weighted by molar-refractivity contribution is 0.143. The van der Waals surface area contributed by atoms with Crippen molar-refractivity contribution in [1.29, 1.82) is 5.26 Å². The highest BCUT2D eigenvalue weighted by atomic mass is 35.5. The van der Waals surface area contributed by atoms with Gasteiger partial charge in [0.15, 0.2) is 13.9 Å². The predicted molar refractivity (Wildman–Crippen MR) is 83.6 cm³/mol. The summed E-state index contributed by atoms with van der Waals surface area (Å²) in [6.45, 7) is 6.23. The lowest BCUT2D eigenvalue weighted by atomic mass is 9.81. The summed E-state index contributed by atoms with van der Waals surface area (Å²) in [5.41, 5.74) is -0.306. The van der Waals surface area contributed by atoms with Gasteiger partial charge in [-0.2, -0.15) is 5.26 Å². The molecule has 0 aliphatic heterocycles. The van der Waals surface area contributed by atoms with Crippen molar-refractivity contribution >= 4 is 19.9 Å². The SMILES string of the molecule is C[Si](C)(C)OC(C#N)([C]1[CH][CH][CH][CH]1)c1cccc(Cl)c1. The van der Waals surface area contributed by atoms with Gasteiger partial charge in [0.1, 0.15) is 6.07 Å². The van der Waals surface area contributed by atoms with Gasteiger partial charge in [-0.25, -0.2) is 0 Å². The molecule has 0 saturated heterocycles. The summed E-state index contributed by atoms with van der Waals surface area (Å²) in [6, 6.07) is 9.71. The Bertz CT molecular complexity index is 514. The maximum Gasteiger partial charge on any atom is 0.186 e. The van der Waals surface area contributed by atoms with Gasteiger partial charge < -0.3 is 4.43 Å². The van der Waals surface area contributed by atoms with Crippen LogP contribution in [0.25, 0.3) is 0 Å². The van der Waals surface area contributed by atoms with Crippen LogP contribution in [0.4, 0.5) is 0 Å². The molecule has 1 aromatic rings. The molecule has 2 rings (SSSR count). The van der Waals surface area contributed by atoms with E-state index in [0.717, 1.165) is 11.5 Å². The zero-order valence-electron chi connectivity index (χ0n) is 11.9. The number of halogens is 1. The predicted octanol–water partition coefficient (Wildman–Crippen LogP) is 4.32. The van der Waals surface area contributed by atoms with Crippen LogP contribution in [0.3, 0.4) is 0 Å². The normalized spacial score (nSPS) is 19.6. The van der Waals surface area contributed by atoms with E-state index in [1.807, 2.05) is 37.8 Å². The Balaban J connectivity index is 2.49. The van der Waals surface area contributed by atoms with Gasteiger partial charge >= 0.3 is 0 Å². The molecule has 2 nitrogen and oxygen atoms in total. The number of benzene rings is 1. The highest BCUT2D eigenvalue weighted by molar-refractivity contribution is 6.69. The number of hydrogen-bond acceptors (Lipinski definition) is 2. The van der Waals surface area contributed by atoms with Crippen molar-refractivity contribution in [3.05, 3.63) is 66.5 Å². The van der Waals surface area contributed by atoms with E-state index in [9.17, 15) is 5.26 Å².